The standard InChI is InChI=1S/C12H14N4O2S/c13-9-3-1-8(2-4-9)11-6-5-10(14)7-12(11)19(17,18)16-15/h1-7,16H,13-15H2. The van der Waals surface area contributed by atoms with Crippen LogP contribution in [0.25, 0.3) is 11.1 Å². The molecule has 0 radical (unpaired) electrons. The predicted octanol–water partition coefficient (Wildman–Crippen LogP) is 0.670. The molecule has 7 heteroatoms. The van der Waals surface area contributed by atoms with Gasteiger partial charge in [-0.1, -0.05) is 18.2 Å². The minimum absolute atomic E-state index is 0.0276. The van der Waals surface area contributed by atoms with Gasteiger partial charge in [0.25, 0.3) is 10.0 Å². The third kappa shape index (κ3) is 2.68. The zero-order chi connectivity index (χ0) is 14.0. The smallest absolute Gasteiger partial charge is 0.253 e. The Morgan fingerprint density at radius 1 is 0.895 bits per heavy atom. The van der Waals surface area contributed by atoms with Crippen molar-refractivity contribution in [2.75, 3.05) is 11.5 Å². The van der Waals surface area contributed by atoms with Gasteiger partial charge in [0.1, 0.15) is 0 Å². The van der Waals surface area contributed by atoms with Crippen molar-refractivity contribution in [1.29, 1.82) is 0 Å². The molecule has 0 saturated heterocycles. The van der Waals surface area contributed by atoms with Gasteiger partial charge in [0.15, 0.2) is 0 Å². The lowest BCUT2D eigenvalue weighted by atomic mass is 10.1. The topological polar surface area (TPSA) is 124 Å². The lowest BCUT2D eigenvalue weighted by Crippen LogP contribution is -2.30. The number of benzene rings is 2. The number of sulfonamides is 1. The van der Waals surface area contributed by atoms with Gasteiger partial charge < -0.3 is 11.5 Å². The van der Waals surface area contributed by atoms with Gasteiger partial charge in [-0.25, -0.2) is 8.42 Å². The van der Waals surface area contributed by atoms with Crippen LogP contribution in [0.4, 0.5) is 11.4 Å². The molecule has 0 aliphatic carbocycles. The molecule has 0 spiro atoms. The molecule has 0 heterocycles. The summed E-state index contributed by atoms with van der Waals surface area (Å²) in [5.74, 6) is 5.06. The molecule has 100 valence electrons. The van der Waals surface area contributed by atoms with Crippen LogP contribution in [-0.2, 0) is 10.0 Å². The van der Waals surface area contributed by atoms with Crippen LogP contribution in [0.5, 0.6) is 0 Å². The molecule has 7 N–H and O–H groups in total. The Morgan fingerprint density at radius 3 is 2.05 bits per heavy atom. The van der Waals surface area contributed by atoms with Crippen molar-refractivity contribution in [3.05, 3.63) is 42.5 Å². The maximum atomic E-state index is 11.9. The number of hydrazine groups is 1. The monoisotopic (exact) mass is 278 g/mol. The fraction of sp³-hybridized carbons (Fsp3) is 0. The molecular weight excluding hydrogens is 264 g/mol. The summed E-state index contributed by atoms with van der Waals surface area (Å²) in [6.07, 6.45) is 0. The Hall–Kier alpha value is -2.09. The van der Waals surface area contributed by atoms with Crippen LogP contribution in [-0.4, -0.2) is 8.42 Å². The van der Waals surface area contributed by atoms with Crippen molar-refractivity contribution in [3.8, 4) is 11.1 Å². The summed E-state index contributed by atoms with van der Waals surface area (Å²) in [6, 6.07) is 11.5. The number of hydrogen-bond acceptors (Lipinski definition) is 5. The molecule has 2 aromatic carbocycles. The third-order valence-corrected chi connectivity index (χ3v) is 3.90. The number of rotatable bonds is 3. The SMILES string of the molecule is NNS(=O)(=O)c1cc(N)ccc1-c1ccc(N)cc1. The van der Waals surface area contributed by atoms with E-state index in [-0.39, 0.29) is 4.90 Å². The maximum absolute atomic E-state index is 11.9. The fourth-order valence-corrected chi connectivity index (χ4v) is 2.62. The van der Waals surface area contributed by atoms with Crippen LogP contribution in [0.3, 0.4) is 0 Å². The van der Waals surface area contributed by atoms with Gasteiger partial charge in [0.05, 0.1) is 4.90 Å². The van der Waals surface area contributed by atoms with Gasteiger partial charge in [-0.2, -0.15) is 4.83 Å². The molecule has 0 unspecified atom stereocenters. The maximum Gasteiger partial charge on any atom is 0.253 e. The van der Waals surface area contributed by atoms with Crippen molar-refractivity contribution >= 4 is 21.4 Å². The first-order valence-electron chi connectivity index (χ1n) is 5.42. The van der Waals surface area contributed by atoms with Gasteiger partial charge in [0.2, 0.25) is 0 Å². The van der Waals surface area contributed by atoms with Crippen LogP contribution in [0.2, 0.25) is 0 Å². The van der Waals surface area contributed by atoms with Gasteiger partial charge in [0, 0.05) is 16.9 Å². The second-order valence-corrected chi connectivity index (χ2v) is 5.68. The van der Waals surface area contributed by atoms with Gasteiger partial charge >= 0.3 is 0 Å². The van der Waals surface area contributed by atoms with E-state index in [9.17, 15) is 8.42 Å². The number of nitrogen functional groups attached to an aromatic ring is 2. The lowest BCUT2D eigenvalue weighted by molar-refractivity contribution is 0.584. The van der Waals surface area contributed by atoms with Crippen molar-refractivity contribution < 1.29 is 8.42 Å². The van der Waals surface area contributed by atoms with E-state index < -0.39 is 10.0 Å². The summed E-state index contributed by atoms with van der Waals surface area (Å²) in [4.78, 5) is 1.83. The average Bonchev–Trinajstić information content (AvgIpc) is 2.40. The molecule has 2 rings (SSSR count). The van der Waals surface area contributed by atoms with E-state index in [0.717, 1.165) is 0 Å². The van der Waals surface area contributed by atoms with E-state index >= 15 is 0 Å². The summed E-state index contributed by atoms with van der Waals surface area (Å²) in [7, 11) is -3.79. The molecule has 0 aromatic heterocycles. The second-order valence-electron chi connectivity index (χ2n) is 4.00. The summed E-state index contributed by atoms with van der Waals surface area (Å²) in [6.45, 7) is 0. The average molecular weight is 278 g/mol. The Morgan fingerprint density at radius 2 is 1.47 bits per heavy atom. The largest absolute Gasteiger partial charge is 0.399 e. The molecule has 0 saturated carbocycles. The number of nitrogens with two attached hydrogens (primary N) is 3. The Kier molecular flexibility index (Phi) is 3.43. The molecule has 0 amide bonds. The van der Waals surface area contributed by atoms with Crippen LogP contribution in [0.15, 0.2) is 47.4 Å². The van der Waals surface area contributed by atoms with E-state index in [4.69, 9.17) is 17.3 Å². The van der Waals surface area contributed by atoms with Crippen LogP contribution < -0.4 is 22.1 Å². The number of anilines is 2. The molecule has 6 nitrogen and oxygen atoms in total. The first kappa shape index (κ1) is 13.3. The first-order chi connectivity index (χ1) is 8.94. The van der Waals surface area contributed by atoms with Crippen molar-refractivity contribution in [2.45, 2.75) is 4.90 Å². The van der Waals surface area contributed by atoms with Gasteiger partial charge in [-0.15, -0.1) is 0 Å². The normalized spacial score (nSPS) is 11.4. The molecule has 0 aliphatic heterocycles. The zero-order valence-electron chi connectivity index (χ0n) is 10.00. The molecule has 2 aromatic rings. The Labute approximate surface area is 111 Å². The highest BCUT2D eigenvalue weighted by atomic mass is 32.2. The van der Waals surface area contributed by atoms with Crippen molar-refractivity contribution in [1.82, 2.24) is 4.83 Å². The zero-order valence-corrected chi connectivity index (χ0v) is 10.8. The Bertz CT molecular complexity index is 696. The summed E-state index contributed by atoms with van der Waals surface area (Å²) >= 11 is 0. The summed E-state index contributed by atoms with van der Waals surface area (Å²) < 4.78 is 23.8. The van der Waals surface area contributed by atoms with Gasteiger partial charge in [-0.05, 0) is 29.8 Å². The number of hydrogen-bond donors (Lipinski definition) is 4. The van der Waals surface area contributed by atoms with E-state index in [1.54, 1.807) is 41.2 Å². The quantitative estimate of drug-likeness (QED) is 0.373. The van der Waals surface area contributed by atoms with Crippen LogP contribution in [0.1, 0.15) is 0 Å². The third-order valence-electron chi connectivity index (χ3n) is 2.67. The number of nitrogens with one attached hydrogen (secondary N) is 1. The highest BCUT2D eigenvalue weighted by Crippen LogP contribution is 2.29. The molecule has 0 aliphatic rings. The van der Waals surface area contributed by atoms with E-state index in [1.165, 1.54) is 6.07 Å². The minimum Gasteiger partial charge on any atom is -0.399 e. The molecule has 0 fully saturated rings. The van der Waals surface area contributed by atoms with Crippen LogP contribution >= 0.6 is 0 Å². The molecule has 0 atom stereocenters. The van der Waals surface area contributed by atoms with Crippen LogP contribution in [0, 0.1) is 0 Å². The summed E-state index contributed by atoms with van der Waals surface area (Å²) in [5.41, 5.74) is 13.4. The highest BCUT2D eigenvalue weighted by molar-refractivity contribution is 7.89. The molecule has 0 bridgehead atoms. The lowest BCUT2D eigenvalue weighted by Gasteiger charge is -2.11. The van der Waals surface area contributed by atoms with E-state index in [1.807, 2.05) is 0 Å². The molecule has 19 heavy (non-hydrogen) atoms. The van der Waals surface area contributed by atoms with Crippen molar-refractivity contribution in [3.63, 3.8) is 0 Å². The van der Waals surface area contributed by atoms with E-state index in [0.29, 0.717) is 22.5 Å². The molecular formula is C12H14N4O2S. The fourth-order valence-electron chi connectivity index (χ4n) is 1.73. The highest BCUT2D eigenvalue weighted by Gasteiger charge is 2.18. The van der Waals surface area contributed by atoms with Gasteiger partial charge in [-0.3, -0.25) is 5.84 Å². The minimum atomic E-state index is -3.79. The summed E-state index contributed by atoms with van der Waals surface area (Å²) in [5, 5.41) is 0. The van der Waals surface area contributed by atoms with E-state index in [2.05, 4.69) is 0 Å². The van der Waals surface area contributed by atoms with Crippen molar-refractivity contribution in [2.24, 2.45) is 5.84 Å². The second kappa shape index (κ2) is 4.88. The Balaban J connectivity index is 2.67. The first-order valence-corrected chi connectivity index (χ1v) is 6.90. The predicted molar refractivity (Wildman–Crippen MR) is 75.2 cm³/mol.